The van der Waals surface area contributed by atoms with Crippen LogP contribution in [-0.4, -0.2) is 47.1 Å². The van der Waals surface area contributed by atoms with Crippen molar-refractivity contribution < 1.29 is 9.53 Å². The van der Waals surface area contributed by atoms with Crippen molar-refractivity contribution in [2.75, 3.05) is 31.1 Å². The molecule has 31 heavy (non-hydrogen) atoms. The Hall–Kier alpha value is -3.22. The van der Waals surface area contributed by atoms with E-state index in [1.165, 1.54) is 5.56 Å². The molecule has 1 saturated heterocycles. The number of fused-ring (bicyclic) bond motifs is 1. The molecule has 1 amide bonds. The number of rotatable bonds is 7. The minimum absolute atomic E-state index is 0.0454. The molecule has 7 nitrogen and oxygen atoms in total. The second kappa shape index (κ2) is 9.73. The fourth-order valence-corrected chi connectivity index (χ4v) is 4.01. The minimum atomic E-state index is 0.0454. The summed E-state index contributed by atoms with van der Waals surface area (Å²) in [5.74, 6) is 1.77. The molecule has 0 spiro atoms. The number of aryl methyl sites for hydroxylation is 1. The summed E-state index contributed by atoms with van der Waals surface area (Å²) >= 11 is 0. The number of ether oxygens (including phenoxy) is 1. The Morgan fingerprint density at radius 1 is 1.16 bits per heavy atom. The highest BCUT2D eigenvalue weighted by Gasteiger charge is 2.26. The van der Waals surface area contributed by atoms with E-state index < -0.39 is 0 Å². The Morgan fingerprint density at radius 2 is 1.94 bits per heavy atom. The first-order valence-corrected chi connectivity index (χ1v) is 11.0. The van der Waals surface area contributed by atoms with Crippen LogP contribution < -0.4 is 15.0 Å². The molecule has 162 valence electrons. The first-order valence-electron chi connectivity index (χ1n) is 11.0. The summed E-state index contributed by atoms with van der Waals surface area (Å²) in [7, 11) is 0. The molecular weight excluding hydrogens is 390 g/mol. The van der Waals surface area contributed by atoms with E-state index in [4.69, 9.17) is 14.7 Å². The molecule has 0 unspecified atom stereocenters. The molecule has 1 aliphatic rings. The van der Waals surface area contributed by atoms with E-state index >= 15 is 0 Å². The van der Waals surface area contributed by atoms with E-state index in [2.05, 4.69) is 15.2 Å². The van der Waals surface area contributed by atoms with Crippen molar-refractivity contribution in [2.45, 2.75) is 33.1 Å². The summed E-state index contributed by atoms with van der Waals surface area (Å²) < 4.78 is 5.60. The van der Waals surface area contributed by atoms with Crippen molar-refractivity contribution in [1.82, 2.24) is 20.3 Å². The standard InChI is InChI=1S/C24H29N5O2/c1-3-31-20-4-5-22-21(16-20)17(2)27-24(28-22)29-14-9-19(10-15-29)23(30)26-13-8-18-6-11-25-12-7-18/h4-7,11-12,16,19H,3,8-10,13-15H2,1-2H3,(H,26,30). The SMILES string of the molecule is CCOc1ccc2nc(N3CCC(C(=O)NCCc4ccncc4)CC3)nc(C)c2c1. The van der Waals surface area contributed by atoms with Crippen molar-refractivity contribution in [3.05, 3.63) is 54.0 Å². The Morgan fingerprint density at radius 3 is 2.68 bits per heavy atom. The zero-order chi connectivity index (χ0) is 21.6. The molecule has 0 bridgehead atoms. The average molecular weight is 420 g/mol. The highest BCUT2D eigenvalue weighted by atomic mass is 16.5. The molecule has 1 aliphatic heterocycles. The number of benzene rings is 1. The van der Waals surface area contributed by atoms with Gasteiger partial charge in [0.25, 0.3) is 0 Å². The largest absolute Gasteiger partial charge is 0.494 e. The zero-order valence-electron chi connectivity index (χ0n) is 18.2. The summed E-state index contributed by atoms with van der Waals surface area (Å²) in [6.45, 7) is 6.83. The van der Waals surface area contributed by atoms with E-state index in [1.807, 2.05) is 44.2 Å². The number of hydrogen-bond acceptors (Lipinski definition) is 6. The van der Waals surface area contributed by atoms with Gasteiger partial charge in [0.1, 0.15) is 5.75 Å². The van der Waals surface area contributed by atoms with Gasteiger partial charge in [-0.25, -0.2) is 9.97 Å². The lowest BCUT2D eigenvalue weighted by Gasteiger charge is -2.31. The molecule has 3 aromatic rings. The number of nitrogens with zero attached hydrogens (tertiary/aromatic N) is 4. The average Bonchev–Trinajstić information content (AvgIpc) is 2.80. The smallest absolute Gasteiger partial charge is 0.226 e. The van der Waals surface area contributed by atoms with Crippen molar-refractivity contribution in [1.29, 1.82) is 0 Å². The summed E-state index contributed by atoms with van der Waals surface area (Å²) in [5, 5.41) is 4.10. The Labute approximate surface area is 182 Å². The third-order valence-corrected chi connectivity index (χ3v) is 5.77. The summed E-state index contributed by atoms with van der Waals surface area (Å²) in [5.41, 5.74) is 3.04. The predicted octanol–water partition coefficient (Wildman–Crippen LogP) is 3.31. The fourth-order valence-electron chi connectivity index (χ4n) is 4.01. The lowest BCUT2D eigenvalue weighted by molar-refractivity contribution is -0.125. The number of carbonyl (C=O) groups excluding carboxylic acids is 1. The quantitative estimate of drug-likeness (QED) is 0.633. The van der Waals surface area contributed by atoms with Gasteiger partial charge in [-0.2, -0.15) is 0 Å². The highest BCUT2D eigenvalue weighted by Crippen LogP contribution is 2.26. The molecule has 0 radical (unpaired) electrons. The van der Waals surface area contributed by atoms with Crippen LogP contribution in [0.4, 0.5) is 5.95 Å². The van der Waals surface area contributed by atoms with Crippen LogP contribution in [0.25, 0.3) is 10.9 Å². The molecule has 1 aromatic carbocycles. The van der Waals surface area contributed by atoms with E-state index in [0.29, 0.717) is 13.2 Å². The monoisotopic (exact) mass is 419 g/mol. The van der Waals surface area contributed by atoms with Crippen LogP contribution in [0, 0.1) is 12.8 Å². The molecule has 0 atom stereocenters. The van der Waals surface area contributed by atoms with Crippen LogP contribution in [0.15, 0.2) is 42.7 Å². The van der Waals surface area contributed by atoms with Gasteiger partial charge < -0.3 is 15.0 Å². The van der Waals surface area contributed by atoms with Crippen LogP contribution in [0.1, 0.15) is 31.0 Å². The number of anilines is 1. The molecular formula is C24H29N5O2. The molecule has 1 fully saturated rings. The molecule has 0 aliphatic carbocycles. The maximum absolute atomic E-state index is 12.6. The van der Waals surface area contributed by atoms with Gasteiger partial charge in [0.2, 0.25) is 11.9 Å². The predicted molar refractivity (Wildman–Crippen MR) is 121 cm³/mol. The maximum atomic E-state index is 12.6. The van der Waals surface area contributed by atoms with Gasteiger partial charge in [0.15, 0.2) is 0 Å². The molecule has 0 saturated carbocycles. The highest BCUT2D eigenvalue weighted by molar-refractivity contribution is 5.83. The number of nitrogens with one attached hydrogen (secondary N) is 1. The van der Waals surface area contributed by atoms with Crippen LogP contribution in [-0.2, 0) is 11.2 Å². The van der Waals surface area contributed by atoms with Crippen molar-refractivity contribution in [3.63, 3.8) is 0 Å². The first-order chi connectivity index (χ1) is 15.1. The number of amides is 1. The maximum Gasteiger partial charge on any atom is 0.226 e. The molecule has 1 N–H and O–H groups in total. The van der Waals surface area contributed by atoms with Gasteiger partial charge >= 0.3 is 0 Å². The zero-order valence-corrected chi connectivity index (χ0v) is 18.2. The van der Waals surface area contributed by atoms with Crippen molar-refractivity contribution in [2.24, 2.45) is 5.92 Å². The minimum Gasteiger partial charge on any atom is -0.494 e. The molecule has 7 heteroatoms. The number of pyridine rings is 1. The van der Waals surface area contributed by atoms with Gasteiger partial charge in [-0.15, -0.1) is 0 Å². The van der Waals surface area contributed by atoms with Gasteiger partial charge in [0.05, 0.1) is 17.8 Å². The van der Waals surface area contributed by atoms with E-state index in [0.717, 1.165) is 60.6 Å². The Bertz CT molecular complexity index is 1030. The number of carbonyl (C=O) groups is 1. The molecule has 2 aromatic heterocycles. The lowest BCUT2D eigenvalue weighted by Crippen LogP contribution is -2.41. The van der Waals surface area contributed by atoms with Gasteiger partial charge in [-0.1, -0.05) is 0 Å². The Balaban J connectivity index is 1.33. The van der Waals surface area contributed by atoms with Crippen LogP contribution >= 0.6 is 0 Å². The third kappa shape index (κ3) is 5.10. The van der Waals surface area contributed by atoms with Crippen LogP contribution in [0.3, 0.4) is 0 Å². The first kappa shape index (κ1) is 21.0. The number of hydrogen-bond donors (Lipinski definition) is 1. The van der Waals surface area contributed by atoms with E-state index in [-0.39, 0.29) is 11.8 Å². The summed E-state index contributed by atoms with van der Waals surface area (Å²) in [6, 6.07) is 9.90. The summed E-state index contributed by atoms with van der Waals surface area (Å²) in [6.07, 6.45) is 6.00. The van der Waals surface area contributed by atoms with Gasteiger partial charge in [0, 0.05) is 43.3 Å². The summed E-state index contributed by atoms with van der Waals surface area (Å²) in [4.78, 5) is 28.3. The Kier molecular flexibility index (Phi) is 6.60. The second-order valence-electron chi connectivity index (χ2n) is 7.88. The molecule has 4 rings (SSSR count). The van der Waals surface area contributed by atoms with Crippen LogP contribution in [0.5, 0.6) is 5.75 Å². The van der Waals surface area contributed by atoms with Crippen molar-refractivity contribution in [3.8, 4) is 5.75 Å². The molecule has 3 heterocycles. The lowest BCUT2D eigenvalue weighted by atomic mass is 9.96. The van der Waals surface area contributed by atoms with E-state index in [1.54, 1.807) is 12.4 Å². The number of aromatic nitrogens is 3. The second-order valence-corrected chi connectivity index (χ2v) is 7.88. The van der Waals surface area contributed by atoms with Crippen LogP contribution in [0.2, 0.25) is 0 Å². The third-order valence-electron chi connectivity index (χ3n) is 5.77. The fraction of sp³-hybridized carbons (Fsp3) is 0.417. The van der Waals surface area contributed by atoms with Gasteiger partial charge in [-0.3, -0.25) is 9.78 Å². The van der Waals surface area contributed by atoms with Gasteiger partial charge in [-0.05, 0) is 69.0 Å². The van der Waals surface area contributed by atoms with Crippen molar-refractivity contribution >= 4 is 22.8 Å². The van der Waals surface area contributed by atoms with E-state index in [9.17, 15) is 4.79 Å². The normalized spacial score (nSPS) is 14.6. The topological polar surface area (TPSA) is 80.2 Å². The number of piperidine rings is 1.